The van der Waals surface area contributed by atoms with Crippen LogP contribution < -0.4 is 5.32 Å². The minimum absolute atomic E-state index is 0.200. The predicted octanol–water partition coefficient (Wildman–Crippen LogP) is 1.77. The highest BCUT2D eigenvalue weighted by atomic mass is 19.1. The van der Waals surface area contributed by atoms with Crippen molar-refractivity contribution in [3.8, 4) is 0 Å². The molecule has 2 aliphatic rings. The zero-order chi connectivity index (χ0) is 22.2. The Labute approximate surface area is 183 Å². The third-order valence-corrected chi connectivity index (χ3v) is 6.09. The van der Waals surface area contributed by atoms with Crippen LogP contribution in [0.25, 0.3) is 0 Å². The number of carbonyl (C=O) groups is 3. The van der Waals surface area contributed by atoms with Crippen LogP contribution in [0.2, 0.25) is 0 Å². The van der Waals surface area contributed by atoms with Gasteiger partial charge in [0, 0.05) is 26.2 Å². The number of amides is 3. The molecule has 0 unspecified atom stereocenters. The number of hydrogen-bond acceptors (Lipinski definition) is 4. The molecule has 31 heavy (non-hydrogen) atoms. The molecule has 1 atom stereocenters. The predicted molar refractivity (Wildman–Crippen MR) is 116 cm³/mol. The van der Waals surface area contributed by atoms with Gasteiger partial charge in [0.15, 0.2) is 0 Å². The molecule has 0 aromatic heterocycles. The van der Waals surface area contributed by atoms with Crippen molar-refractivity contribution < 1.29 is 18.8 Å². The summed E-state index contributed by atoms with van der Waals surface area (Å²) in [5.41, 5.74) is 0.759. The van der Waals surface area contributed by atoms with Crippen LogP contribution in [0.3, 0.4) is 0 Å². The van der Waals surface area contributed by atoms with Gasteiger partial charge in [-0.15, -0.1) is 0 Å². The molecule has 0 aliphatic carbocycles. The van der Waals surface area contributed by atoms with Gasteiger partial charge in [-0.1, -0.05) is 25.5 Å². The van der Waals surface area contributed by atoms with Crippen molar-refractivity contribution in [1.82, 2.24) is 20.0 Å². The van der Waals surface area contributed by atoms with Crippen LogP contribution in [0, 0.1) is 5.82 Å². The molecule has 7 nitrogen and oxygen atoms in total. The van der Waals surface area contributed by atoms with Gasteiger partial charge in [0.1, 0.15) is 11.9 Å². The molecule has 2 fully saturated rings. The van der Waals surface area contributed by atoms with Crippen molar-refractivity contribution in [2.24, 2.45) is 0 Å². The highest BCUT2D eigenvalue weighted by molar-refractivity contribution is 6.35. The summed E-state index contributed by atoms with van der Waals surface area (Å²) >= 11 is 0. The SMILES string of the molecule is CC[C@@H](C(=O)NCCCN1CCCCC1)N1CCN(Cc2ccc(F)cc2)C(=O)C1=O. The zero-order valence-electron chi connectivity index (χ0n) is 18.3. The maximum atomic E-state index is 13.1. The summed E-state index contributed by atoms with van der Waals surface area (Å²) in [6.07, 6.45) is 5.12. The van der Waals surface area contributed by atoms with Crippen LogP contribution in [0.1, 0.15) is 44.6 Å². The standard InChI is InChI=1S/C23H33FN4O3/c1-2-20(21(29)25-11-6-14-26-12-4-3-5-13-26)28-16-15-27(22(30)23(28)31)17-18-7-9-19(24)10-8-18/h7-10,20H,2-6,11-17H2,1H3,(H,25,29)/t20-/m0/s1. The Balaban J connectivity index is 1.48. The summed E-state index contributed by atoms with van der Waals surface area (Å²) in [6, 6.07) is 5.23. The van der Waals surface area contributed by atoms with Gasteiger partial charge >= 0.3 is 11.8 Å². The van der Waals surface area contributed by atoms with E-state index in [1.807, 2.05) is 6.92 Å². The molecule has 0 radical (unpaired) electrons. The first kappa shape index (κ1) is 23.2. The van der Waals surface area contributed by atoms with E-state index < -0.39 is 17.9 Å². The van der Waals surface area contributed by atoms with Gasteiger partial charge in [-0.3, -0.25) is 14.4 Å². The van der Waals surface area contributed by atoms with E-state index in [0.717, 1.165) is 31.6 Å². The Morgan fingerprint density at radius 2 is 1.74 bits per heavy atom. The van der Waals surface area contributed by atoms with Crippen molar-refractivity contribution in [2.45, 2.75) is 51.6 Å². The lowest BCUT2D eigenvalue weighted by Gasteiger charge is -2.37. The normalized spacial score (nSPS) is 18.9. The van der Waals surface area contributed by atoms with Crippen LogP contribution in [0.15, 0.2) is 24.3 Å². The molecule has 3 rings (SSSR count). The Kier molecular flexibility index (Phi) is 8.40. The van der Waals surface area contributed by atoms with Crippen molar-refractivity contribution in [3.05, 3.63) is 35.6 Å². The first-order chi connectivity index (χ1) is 15.0. The quantitative estimate of drug-likeness (QED) is 0.477. The molecule has 1 aromatic rings. The number of nitrogens with zero attached hydrogens (tertiary/aromatic N) is 3. The minimum atomic E-state index is -0.649. The van der Waals surface area contributed by atoms with E-state index in [-0.39, 0.29) is 18.3 Å². The molecule has 170 valence electrons. The third-order valence-electron chi connectivity index (χ3n) is 6.09. The fraction of sp³-hybridized carbons (Fsp3) is 0.609. The maximum Gasteiger partial charge on any atom is 0.312 e. The van der Waals surface area contributed by atoms with Gasteiger partial charge in [-0.05, 0) is 63.0 Å². The number of rotatable bonds is 9. The number of hydrogen-bond donors (Lipinski definition) is 1. The number of nitrogens with one attached hydrogen (secondary N) is 1. The summed E-state index contributed by atoms with van der Waals surface area (Å²) in [5.74, 6) is -1.81. The van der Waals surface area contributed by atoms with Gasteiger partial charge in [0.2, 0.25) is 5.91 Å². The summed E-state index contributed by atoms with van der Waals surface area (Å²) in [6.45, 7) is 6.55. The molecule has 3 amide bonds. The molecule has 0 bridgehead atoms. The van der Waals surface area contributed by atoms with Crippen molar-refractivity contribution in [1.29, 1.82) is 0 Å². The van der Waals surface area contributed by atoms with Crippen molar-refractivity contribution in [3.63, 3.8) is 0 Å². The molecule has 2 saturated heterocycles. The molecule has 1 aromatic carbocycles. The molecule has 2 aliphatic heterocycles. The smallest absolute Gasteiger partial charge is 0.312 e. The van der Waals surface area contributed by atoms with Crippen LogP contribution in [-0.2, 0) is 20.9 Å². The lowest BCUT2D eigenvalue weighted by molar-refractivity contribution is -0.159. The van der Waals surface area contributed by atoms with Gasteiger partial charge in [0.25, 0.3) is 0 Å². The summed E-state index contributed by atoms with van der Waals surface area (Å²) in [5, 5.41) is 2.94. The fourth-order valence-corrected chi connectivity index (χ4v) is 4.31. The number of likely N-dealkylation sites (tertiary alicyclic amines) is 1. The lowest BCUT2D eigenvalue weighted by atomic mass is 10.1. The Morgan fingerprint density at radius 1 is 1.03 bits per heavy atom. The second-order valence-corrected chi connectivity index (χ2v) is 8.32. The average Bonchev–Trinajstić information content (AvgIpc) is 2.78. The summed E-state index contributed by atoms with van der Waals surface area (Å²) < 4.78 is 13.1. The zero-order valence-corrected chi connectivity index (χ0v) is 18.3. The molecular weight excluding hydrogens is 399 g/mol. The monoisotopic (exact) mass is 432 g/mol. The highest BCUT2D eigenvalue weighted by Gasteiger charge is 2.38. The Hall–Kier alpha value is -2.48. The maximum absolute atomic E-state index is 13.1. The molecule has 0 saturated carbocycles. The number of piperidine rings is 1. The van der Waals surface area contributed by atoms with Crippen LogP contribution in [0.4, 0.5) is 4.39 Å². The van der Waals surface area contributed by atoms with Crippen LogP contribution in [0.5, 0.6) is 0 Å². The Morgan fingerprint density at radius 3 is 2.42 bits per heavy atom. The van der Waals surface area contributed by atoms with E-state index in [4.69, 9.17) is 0 Å². The third kappa shape index (κ3) is 6.26. The number of benzene rings is 1. The Bertz CT molecular complexity index is 765. The highest BCUT2D eigenvalue weighted by Crippen LogP contribution is 2.15. The van der Waals surface area contributed by atoms with Gasteiger partial charge in [0.05, 0.1) is 0 Å². The van der Waals surface area contributed by atoms with E-state index in [0.29, 0.717) is 26.1 Å². The largest absolute Gasteiger partial charge is 0.354 e. The van der Waals surface area contributed by atoms with Crippen LogP contribution >= 0.6 is 0 Å². The van der Waals surface area contributed by atoms with Gasteiger partial charge in [-0.25, -0.2) is 4.39 Å². The lowest BCUT2D eigenvalue weighted by Crippen LogP contribution is -2.60. The van der Waals surface area contributed by atoms with E-state index in [9.17, 15) is 18.8 Å². The second kappa shape index (κ2) is 11.2. The van der Waals surface area contributed by atoms with E-state index in [1.165, 1.54) is 41.2 Å². The van der Waals surface area contributed by atoms with E-state index >= 15 is 0 Å². The summed E-state index contributed by atoms with van der Waals surface area (Å²) in [7, 11) is 0. The molecular formula is C23H33FN4O3. The number of halogens is 1. The molecule has 1 N–H and O–H groups in total. The second-order valence-electron chi connectivity index (χ2n) is 8.32. The molecule has 2 heterocycles. The topological polar surface area (TPSA) is 73.0 Å². The molecule has 8 heteroatoms. The summed E-state index contributed by atoms with van der Waals surface area (Å²) in [4.78, 5) is 43.3. The number of piperazine rings is 1. The fourth-order valence-electron chi connectivity index (χ4n) is 4.31. The van der Waals surface area contributed by atoms with Gasteiger partial charge in [-0.2, -0.15) is 0 Å². The first-order valence-electron chi connectivity index (χ1n) is 11.3. The first-order valence-corrected chi connectivity index (χ1v) is 11.3. The van der Waals surface area contributed by atoms with E-state index in [1.54, 1.807) is 12.1 Å². The van der Waals surface area contributed by atoms with Crippen molar-refractivity contribution >= 4 is 17.7 Å². The van der Waals surface area contributed by atoms with E-state index in [2.05, 4.69) is 10.2 Å². The molecule has 0 spiro atoms. The van der Waals surface area contributed by atoms with Gasteiger partial charge < -0.3 is 20.0 Å². The van der Waals surface area contributed by atoms with Crippen LogP contribution in [-0.4, -0.2) is 77.7 Å². The van der Waals surface area contributed by atoms with Crippen molar-refractivity contribution in [2.75, 3.05) is 39.3 Å². The number of carbonyl (C=O) groups excluding carboxylic acids is 3. The average molecular weight is 433 g/mol. The minimum Gasteiger partial charge on any atom is -0.354 e.